The van der Waals surface area contributed by atoms with Gasteiger partial charge in [-0.3, -0.25) is 4.79 Å². The number of carbonyl (C=O) groups excluding carboxylic acids is 1. The zero-order valence-electron chi connectivity index (χ0n) is 20.2. The van der Waals surface area contributed by atoms with Crippen LogP contribution in [0.4, 0.5) is 0 Å². The number of benzene rings is 2. The summed E-state index contributed by atoms with van der Waals surface area (Å²) in [5, 5.41) is 12.7. The van der Waals surface area contributed by atoms with Gasteiger partial charge in [-0.1, -0.05) is 60.1 Å². The van der Waals surface area contributed by atoms with E-state index in [1.165, 1.54) is 31.4 Å². The molecule has 0 radical (unpaired) electrons. The molecule has 4 rings (SSSR count). The van der Waals surface area contributed by atoms with Crippen LogP contribution >= 0.6 is 11.8 Å². The van der Waals surface area contributed by atoms with Crippen LogP contribution in [0.25, 0.3) is 11.3 Å². The summed E-state index contributed by atoms with van der Waals surface area (Å²) < 4.78 is 0. The van der Waals surface area contributed by atoms with Crippen LogP contribution in [0.2, 0.25) is 0 Å². The highest BCUT2D eigenvalue weighted by Gasteiger charge is 2.17. The molecule has 2 aromatic carbocycles. The maximum Gasteiger partial charge on any atom is 0.251 e. The number of rotatable bonds is 9. The van der Waals surface area contributed by atoms with Crippen molar-refractivity contribution in [2.45, 2.75) is 56.4 Å². The summed E-state index contributed by atoms with van der Waals surface area (Å²) in [5.41, 5.74) is 4.98. The average molecular weight is 475 g/mol. The highest BCUT2D eigenvalue weighted by atomic mass is 32.2. The maximum atomic E-state index is 12.6. The van der Waals surface area contributed by atoms with Crippen LogP contribution < -0.4 is 5.32 Å². The first-order chi connectivity index (χ1) is 16.6. The monoisotopic (exact) mass is 474 g/mol. The summed E-state index contributed by atoms with van der Waals surface area (Å²) in [6.45, 7) is 7.34. The molecule has 1 N–H and O–H groups in total. The van der Waals surface area contributed by atoms with Crippen molar-refractivity contribution in [3.8, 4) is 11.3 Å². The summed E-state index contributed by atoms with van der Waals surface area (Å²) >= 11 is 1.63. The van der Waals surface area contributed by atoms with Gasteiger partial charge in [-0.25, -0.2) is 0 Å². The number of carbonyl (C=O) groups is 1. The molecule has 0 spiro atoms. The Hall–Kier alpha value is -2.70. The Kier molecular flexibility index (Phi) is 8.72. The van der Waals surface area contributed by atoms with E-state index in [0.717, 1.165) is 40.6 Å². The molecule has 1 unspecified atom stereocenters. The van der Waals surface area contributed by atoms with Crippen molar-refractivity contribution in [2.75, 3.05) is 19.6 Å². The van der Waals surface area contributed by atoms with E-state index in [1.54, 1.807) is 11.8 Å². The first kappa shape index (κ1) is 24.4. The van der Waals surface area contributed by atoms with Crippen LogP contribution in [0, 0.1) is 6.92 Å². The second kappa shape index (κ2) is 12.1. The second-order valence-corrected chi connectivity index (χ2v) is 10.1. The van der Waals surface area contributed by atoms with E-state index in [9.17, 15) is 4.79 Å². The molecular formula is C28H34N4OS. The van der Waals surface area contributed by atoms with Gasteiger partial charge in [0.2, 0.25) is 0 Å². The van der Waals surface area contributed by atoms with Crippen molar-refractivity contribution < 1.29 is 4.79 Å². The molecule has 178 valence electrons. The second-order valence-electron chi connectivity index (χ2n) is 9.10. The van der Waals surface area contributed by atoms with Gasteiger partial charge in [0.25, 0.3) is 5.91 Å². The van der Waals surface area contributed by atoms with Crippen molar-refractivity contribution >= 4 is 17.7 Å². The predicted molar refractivity (Wildman–Crippen MR) is 140 cm³/mol. The Morgan fingerprint density at radius 1 is 1.09 bits per heavy atom. The lowest BCUT2D eigenvalue weighted by Crippen LogP contribution is -2.39. The largest absolute Gasteiger partial charge is 0.352 e. The van der Waals surface area contributed by atoms with E-state index in [4.69, 9.17) is 0 Å². The SMILES string of the molecule is Cc1ccc(-c2ccc(SCc3cccc(C(=O)NCCCN4CCCCC4C)c3)nn2)cc1. The van der Waals surface area contributed by atoms with Gasteiger partial charge in [0, 0.05) is 36.0 Å². The minimum atomic E-state index is 0.000727. The number of thioether (sulfide) groups is 1. The van der Waals surface area contributed by atoms with E-state index in [2.05, 4.69) is 64.6 Å². The molecule has 0 saturated carbocycles. The van der Waals surface area contributed by atoms with Crippen LogP contribution in [0.3, 0.4) is 0 Å². The van der Waals surface area contributed by atoms with Gasteiger partial charge in [0.15, 0.2) is 0 Å². The van der Waals surface area contributed by atoms with Crippen molar-refractivity contribution in [1.82, 2.24) is 20.4 Å². The molecule has 0 aliphatic carbocycles. The number of nitrogens with one attached hydrogen (secondary N) is 1. The maximum absolute atomic E-state index is 12.6. The highest BCUT2D eigenvalue weighted by molar-refractivity contribution is 7.98. The summed E-state index contributed by atoms with van der Waals surface area (Å²) in [4.78, 5) is 15.2. The smallest absolute Gasteiger partial charge is 0.251 e. The lowest BCUT2D eigenvalue weighted by Gasteiger charge is -2.33. The lowest BCUT2D eigenvalue weighted by atomic mass is 10.0. The summed E-state index contributed by atoms with van der Waals surface area (Å²) in [6, 6.07) is 20.8. The minimum absolute atomic E-state index is 0.000727. The normalized spacial score (nSPS) is 16.4. The van der Waals surface area contributed by atoms with Gasteiger partial charge in [0.05, 0.1) is 5.69 Å². The first-order valence-electron chi connectivity index (χ1n) is 12.2. The highest BCUT2D eigenvalue weighted by Crippen LogP contribution is 2.23. The number of aromatic nitrogens is 2. The topological polar surface area (TPSA) is 58.1 Å². The van der Waals surface area contributed by atoms with Gasteiger partial charge in [-0.15, -0.1) is 10.2 Å². The van der Waals surface area contributed by atoms with E-state index in [-0.39, 0.29) is 5.91 Å². The van der Waals surface area contributed by atoms with E-state index in [0.29, 0.717) is 18.2 Å². The molecule has 0 bridgehead atoms. The van der Waals surface area contributed by atoms with Crippen LogP contribution in [0.15, 0.2) is 65.7 Å². The molecular weight excluding hydrogens is 440 g/mol. The molecule has 2 heterocycles. The standard InChI is InChI=1S/C28H34N4OS/c1-21-10-12-24(13-11-21)26-14-15-27(31-30-26)34-20-23-8-5-9-25(19-23)28(33)29-16-6-18-32-17-4-3-7-22(32)2/h5,8-15,19,22H,3-4,6-7,16-18,20H2,1-2H3,(H,29,33). The zero-order chi connectivity index (χ0) is 23.8. The van der Waals surface area contributed by atoms with E-state index in [1.807, 2.05) is 30.3 Å². The van der Waals surface area contributed by atoms with Crippen LogP contribution in [0.1, 0.15) is 54.1 Å². The fourth-order valence-corrected chi connectivity index (χ4v) is 5.07. The van der Waals surface area contributed by atoms with Gasteiger partial charge in [-0.05, 0) is 69.5 Å². The fraction of sp³-hybridized carbons (Fsp3) is 0.393. The van der Waals surface area contributed by atoms with Crippen molar-refractivity contribution in [1.29, 1.82) is 0 Å². The van der Waals surface area contributed by atoms with Gasteiger partial charge >= 0.3 is 0 Å². The Morgan fingerprint density at radius 3 is 2.71 bits per heavy atom. The fourth-order valence-electron chi connectivity index (χ4n) is 4.31. The Labute approximate surface area is 207 Å². The zero-order valence-corrected chi connectivity index (χ0v) is 21.0. The molecule has 1 atom stereocenters. The summed E-state index contributed by atoms with van der Waals surface area (Å²) in [7, 11) is 0. The summed E-state index contributed by atoms with van der Waals surface area (Å²) in [6.07, 6.45) is 4.92. The van der Waals surface area contributed by atoms with Gasteiger partial charge in [-0.2, -0.15) is 0 Å². The van der Waals surface area contributed by atoms with Crippen molar-refractivity contribution in [3.05, 3.63) is 77.4 Å². The van der Waals surface area contributed by atoms with Gasteiger partial charge < -0.3 is 10.2 Å². The number of nitrogens with zero attached hydrogens (tertiary/aromatic N) is 3. The molecule has 1 aliphatic rings. The van der Waals surface area contributed by atoms with Crippen molar-refractivity contribution in [3.63, 3.8) is 0 Å². The molecule has 1 aliphatic heterocycles. The number of likely N-dealkylation sites (tertiary alicyclic amines) is 1. The third-order valence-electron chi connectivity index (χ3n) is 6.41. The first-order valence-corrected chi connectivity index (χ1v) is 13.2. The third kappa shape index (κ3) is 6.90. The average Bonchev–Trinajstić information content (AvgIpc) is 2.87. The Balaban J connectivity index is 1.24. The molecule has 5 nitrogen and oxygen atoms in total. The molecule has 1 saturated heterocycles. The van der Waals surface area contributed by atoms with Crippen LogP contribution in [0.5, 0.6) is 0 Å². The Bertz CT molecular complexity index is 1070. The molecule has 1 amide bonds. The molecule has 3 aromatic rings. The Morgan fingerprint density at radius 2 is 1.94 bits per heavy atom. The number of aryl methyl sites for hydroxylation is 1. The lowest BCUT2D eigenvalue weighted by molar-refractivity contribution is 0.0949. The number of hydrogen-bond donors (Lipinski definition) is 1. The third-order valence-corrected chi connectivity index (χ3v) is 7.40. The molecule has 1 aromatic heterocycles. The van der Waals surface area contributed by atoms with Crippen LogP contribution in [-0.2, 0) is 5.75 Å². The van der Waals surface area contributed by atoms with Gasteiger partial charge in [0.1, 0.15) is 5.03 Å². The van der Waals surface area contributed by atoms with Crippen molar-refractivity contribution in [2.24, 2.45) is 0 Å². The van der Waals surface area contributed by atoms with Crippen LogP contribution in [-0.4, -0.2) is 46.7 Å². The quantitative estimate of drug-likeness (QED) is 0.317. The summed E-state index contributed by atoms with van der Waals surface area (Å²) in [5.74, 6) is 0.743. The number of piperidine rings is 1. The van der Waals surface area contributed by atoms with E-state index >= 15 is 0 Å². The number of amides is 1. The molecule has 6 heteroatoms. The molecule has 1 fully saturated rings. The number of hydrogen-bond acceptors (Lipinski definition) is 5. The van der Waals surface area contributed by atoms with E-state index < -0.39 is 0 Å². The molecule has 34 heavy (non-hydrogen) atoms. The predicted octanol–water partition coefficient (Wildman–Crippen LogP) is 5.74. The minimum Gasteiger partial charge on any atom is -0.352 e.